The average molecular weight is 358 g/mol. The summed E-state index contributed by atoms with van der Waals surface area (Å²) in [7, 11) is 1.85. The van der Waals surface area contributed by atoms with Crippen molar-refractivity contribution >= 4 is 11.8 Å². The zero-order valence-corrected chi connectivity index (χ0v) is 16.2. The first-order chi connectivity index (χ1) is 12.5. The lowest BCUT2D eigenvalue weighted by atomic mass is 9.86. The molecule has 1 fully saturated rings. The average Bonchev–Trinajstić information content (AvgIpc) is 2.61. The molecule has 2 atom stereocenters. The zero-order valence-electron chi connectivity index (χ0n) is 16.2. The summed E-state index contributed by atoms with van der Waals surface area (Å²) in [6.45, 7) is 5.86. The van der Waals surface area contributed by atoms with E-state index in [1.165, 1.54) is 0 Å². The van der Waals surface area contributed by atoms with Gasteiger partial charge in [-0.15, -0.1) is 0 Å². The van der Waals surface area contributed by atoms with Gasteiger partial charge in [0.05, 0.1) is 12.6 Å². The zero-order chi connectivity index (χ0) is 18.7. The molecule has 26 heavy (non-hydrogen) atoms. The van der Waals surface area contributed by atoms with Gasteiger partial charge in [0.25, 0.3) is 0 Å². The van der Waals surface area contributed by atoms with Crippen molar-refractivity contribution in [1.29, 1.82) is 0 Å². The molecular formula is C21H30N2O3. The summed E-state index contributed by atoms with van der Waals surface area (Å²) >= 11 is 0. The summed E-state index contributed by atoms with van der Waals surface area (Å²) in [5, 5.41) is 0. The van der Waals surface area contributed by atoms with Crippen LogP contribution in [0.25, 0.3) is 0 Å². The maximum absolute atomic E-state index is 13.0. The fourth-order valence-electron chi connectivity index (χ4n) is 4.10. The third kappa shape index (κ3) is 3.87. The van der Waals surface area contributed by atoms with Crippen LogP contribution in [0, 0.1) is 12.8 Å². The number of rotatable bonds is 4. The van der Waals surface area contributed by atoms with Crippen LogP contribution in [0.5, 0.6) is 5.75 Å². The second-order valence-corrected chi connectivity index (χ2v) is 7.63. The van der Waals surface area contributed by atoms with Crippen LogP contribution in [-0.2, 0) is 9.59 Å². The molecule has 5 heteroatoms. The number of carbonyl (C=O) groups is 2. The van der Waals surface area contributed by atoms with E-state index in [1.54, 1.807) is 4.90 Å². The van der Waals surface area contributed by atoms with E-state index >= 15 is 0 Å². The van der Waals surface area contributed by atoms with Gasteiger partial charge in [0.2, 0.25) is 11.8 Å². The maximum atomic E-state index is 13.0. The Morgan fingerprint density at radius 1 is 1.31 bits per heavy atom. The van der Waals surface area contributed by atoms with Crippen molar-refractivity contribution in [2.24, 2.45) is 5.92 Å². The van der Waals surface area contributed by atoms with E-state index in [9.17, 15) is 9.59 Å². The molecule has 0 unspecified atom stereocenters. The molecule has 2 aliphatic rings. The summed E-state index contributed by atoms with van der Waals surface area (Å²) < 4.78 is 5.98. The molecule has 1 aromatic carbocycles. The van der Waals surface area contributed by atoms with E-state index in [1.807, 2.05) is 24.1 Å². The van der Waals surface area contributed by atoms with Crippen molar-refractivity contribution in [1.82, 2.24) is 9.80 Å². The number of hydrogen-bond donors (Lipinski definition) is 0. The van der Waals surface area contributed by atoms with Gasteiger partial charge < -0.3 is 14.5 Å². The highest BCUT2D eigenvalue weighted by Gasteiger charge is 2.40. The third-order valence-electron chi connectivity index (χ3n) is 5.53. The molecular weight excluding hydrogens is 328 g/mol. The van der Waals surface area contributed by atoms with Crippen LogP contribution in [-0.4, -0.2) is 48.4 Å². The van der Waals surface area contributed by atoms with Gasteiger partial charge in [-0.05, 0) is 19.4 Å². The first-order valence-electron chi connectivity index (χ1n) is 9.78. The molecule has 2 amide bonds. The monoisotopic (exact) mass is 358 g/mol. The topological polar surface area (TPSA) is 49.9 Å². The quantitative estimate of drug-likeness (QED) is 0.776. The Labute approximate surface area is 156 Å². The first-order valence-corrected chi connectivity index (χ1v) is 9.78. The lowest BCUT2D eigenvalue weighted by Crippen LogP contribution is -2.50. The molecule has 1 saturated heterocycles. The molecule has 142 valence electrons. The summed E-state index contributed by atoms with van der Waals surface area (Å²) in [5.41, 5.74) is 2.26. The van der Waals surface area contributed by atoms with Crippen molar-refractivity contribution in [2.75, 3.05) is 26.7 Å². The number of ether oxygens (including phenoxy) is 1. The van der Waals surface area contributed by atoms with E-state index < -0.39 is 0 Å². The molecule has 0 radical (unpaired) electrons. The Kier molecular flexibility index (Phi) is 5.84. The summed E-state index contributed by atoms with van der Waals surface area (Å²) in [4.78, 5) is 29.1. The van der Waals surface area contributed by atoms with Crippen LogP contribution in [0.4, 0.5) is 0 Å². The van der Waals surface area contributed by atoms with E-state index in [4.69, 9.17) is 4.74 Å². The molecule has 0 bridgehead atoms. The van der Waals surface area contributed by atoms with Crippen LogP contribution >= 0.6 is 0 Å². The maximum Gasteiger partial charge on any atom is 0.224 e. The number of fused-ring (bicyclic) bond motifs is 3. The van der Waals surface area contributed by atoms with Gasteiger partial charge >= 0.3 is 0 Å². The van der Waals surface area contributed by atoms with Gasteiger partial charge in [0, 0.05) is 44.5 Å². The van der Waals surface area contributed by atoms with Crippen LogP contribution in [0.2, 0.25) is 0 Å². The van der Waals surface area contributed by atoms with Crippen LogP contribution in [0.1, 0.15) is 56.2 Å². The summed E-state index contributed by atoms with van der Waals surface area (Å²) in [6, 6.07) is 6.18. The van der Waals surface area contributed by atoms with Gasteiger partial charge in [-0.3, -0.25) is 9.59 Å². The van der Waals surface area contributed by atoms with E-state index in [2.05, 4.69) is 19.9 Å². The van der Waals surface area contributed by atoms with Crippen molar-refractivity contribution < 1.29 is 14.3 Å². The minimum Gasteiger partial charge on any atom is -0.493 e. The molecule has 0 aliphatic carbocycles. The standard InChI is InChI=1S/C21H30N2O3/c1-4-5-6-7-20(25)23-11-10-19(24)22(3)13-16-14-26-18-9-8-15(2)12-17(18)21(16)23/h8-9,12,16,21H,4-7,10-11,13-14H2,1-3H3/t16-,21-/m0/s1. The van der Waals surface area contributed by atoms with Crippen molar-refractivity contribution in [3.8, 4) is 5.75 Å². The molecule has 0 N–H and O–H groups in total. The number of benzene rings is 1. The number of amides is 2. The lowest BCUT2D eigenvalue weighted by Gasteiger charge is -2.44. The third-order valence-corrected chi connectivity index (χ3v) is 5.53. The fourth-order valence-corrected chi connectivity index (χ4v) is 4.10. The molecule has 2 aliphatic heterocycles. The fraction of sp³-hybridized carbons (Fsp3) is 0.619. The molecule has 2 heterocycles. The number of aryl methyl sites for hydroxylation is 1. The normalized spacial score (nSPS) is 22.8. The molecule has 0 saturated carbocycles. The Balaban J connectivity index is 1.94. The van der Waals surface area contributed by atoms with Gasteiger partial charge in [0.15, 0.2) is 0 Å². The van der Waals surface area contributed by atoms with Gasteiger partial charge in [-0.1, -0.05) is 37.5 Å². The second kappa shape index (κ2) is 8.11. The number of hydrogen-bond acceptors (Lipinski definition) is 3. The molecule has 0 spiro atoms. The summed E-state index contributed by atoms with van der Waals surface area (Å²) in [6.07, 6.45) is 4.02. The van der Waals surface area contributed by atoms with E-state index in [0.29, 0.717) is 32.5 Å². The number of unbranched alkanes of at least 4 members (excludes halogenated alkanes) is 2. The molecule has 0 aromatic heterocycles. The van der Waals surface area contributed by atoms with Crippen LogP contribution in [0.15, 0.2) is 18.2 Å². The Morgan fingerprint density at radius 3 is 2.88 bits per heavy atom. The van der Waals surface area contributed by atoms with E-state index in [0.717, 1.165) is 36.1 Å². The second-order valence-electron chi connectivity index (χ2n) is 7.63. The first kappa shape index (κ1) is 18.7. The van der Waals surface area contributed by atoms with Crippen molar-refractivity contribution in [3.05, 3.63) is 29.3 Å². The SMILES string of the molecule is CCCCCC(=O)N1CCC(=O)N(C)C[C@H]2COc3ccc(C)cc3[C@H]21. The largest absolute Gasteiger partial charge is 0.493 e. The highest BCUT2D eigenvalue weighted by atomic mass is 16.5. The number of carbonyl (C=O) groups excluding carboxylic acids is 2. The Bertz CT molecular complexity index is 673. The minimum atomic E-state index is -0.0108. The molecule has 1 aromatic rings. The molecule has 3 rings (SSSR count). The van der Waals surface area contributed by atoms with Gasteiger partial charge in [-0.2, -0.15) is 0 Å². The van der Waals surface area contributed by atoms with Gasteiger partial charge in [0.1, 0.15) is 5.75 Å². The molecule has 5 nitrogen and oxygen atoms in total. The predicted molar refractivity (Wildman–Crippen MR) is 101 cm³/mol. The van der Waals surface area contributed by atoms with Crippen molar-refractivity contribution in [2.45, 2.75) is 52.0 Å². The highest BCUT2D eigenvalue weighted by molar-refractivity contribution is 5.80. The van der Waals surface area contributed by atoms with Gasteiger partial charge in [-0.25, -0.2) is 0 Å². The van der Waals surface area contributed by atoms with Crippen LogP contribution in [0.3, 0.4) is 0 Å². The summed E-state index contributed by atoms with van der Waals surface area (Å²) in [5.74, 6) is 1.25. The number of nitrogens with zero attached hydrogens (tertiary/aromatic N) is 2. The lowest BCUT2D eigenvalue weighted by molar-refractivity contribution is -0.141. The smallest absolute Gasteiger partial charge is 0.224 e. The minimum absolute atomic E-state index is 0.0108. The van der Waals surface area contributed by atoms with Crippen LogP contribution < -0.4 is 4.74 Å². The Morgan fingerprint density at radius 2 is 2.12 bits per heavy atom. The Hall–Kier alpha value is -2.04. The van der Waals surface area contributed by atoms with Crippen molar-refractivity contribution in [3.63, 3.8) is 0 Å². The predicted octanol–water partition coefficient (Wildman–Crippen LogP) is 3.32. The highest BCUT2D eigenvalue weighted by Crippen LogP contribution is 2.41. The van der Waals surface area contributed by atoms with E-state index in [-0.39, 0.29) is 23.8 Å².